The minimum atomic E-state index is -3.33. The highest BCUT2D eigenvalue weighted by molar-refractivity contribution is 7.89. The molecule has 3 rings (SSSR count). The summed E-state index contributed by atoms with van der Waals surface area (Å²) in [5.74, 6) is -0.966. The highest BCUT2D eigenvalue weighted by Crippen LogP contribution is 2.38. The summed E-state index contributed by atoms with van der Waals surface area (Å²) in [7, 11) is -3.33. The lowest BCUT2D eigenvalue weighted by Crippen LogP contribution is -2.43. The fourth-order valence-electron chi connectivity index (χ4n) is 3.74. The van der Waals surface area contributed by atoms with E-state index in [1.165, 1.54) is 10.4 Å². The predicted molar refractivity (Wildman–Crippen MR) is 101 cm³/mol. The number of rotatable bonds is 6. The van der Waals surface area contributed by atoms with Crippen LogP contribution in [-0.4, -0.2) is 50.2 Å². The molecule has 2 fully saturated rings. The van der Waals surface area contributed by atoms with Gasteiger partial charge in [-0.3, -0.25) is 4.79 Å². The zero-order valence-corrected chi connectivity index (χ0v) is 16.8. The Morgan fingerprint density at radius 2 is 2.07 bits per heavy atom. The van der Waals surface area contributed by atoms with E-state index in [-0.39, 0.29) is 12.3 Å². The van der Waals surface area contributed by atoms with E-state index in [9.17, 15) is 17.6 Å². The molecule has 1 atom stereocenters. The minimum Gasteiger partial charge on any atom is -0.381 e. The van der Waals surface area contributed by atoms with Crippen molar-refractivity contribution in [3.63, 3.8) is 0 Å². The Bertz CT molecular complexity index is 824. The van der Waals surface area contributed by atoms with Gasteiger partial charge in [0.15, 0.2) is 0 Å². The summed E-state index contributed by atoms with van der Waals surface area (Å²) in [5, 5.41) is 0. The van der Waals surface area contributed by atoms with Gasteiger partial charge in [0, 0.05) is 44.7 Å². The van der Waals surface area contributed by atoms with Crippen molar-refractivity contribution in [2.24, 2.45) is 5.73 Å². The van der Waals surface area contributed by atoms with E-state index in [1.54, 1.807) is 19.1 Å². The van der Waals surface area contributed by atoms with Crippen molar-refractivity contribution in [1.29, 1.82) is 0 Å². The van der Waals surface area contributed by atoms with Gasteiger partial charge < -0.3 is 15.2 Å². The van der Waals surface area contributed by atoms with Crippen molar-refractivity contribution in [3.8, 4) is 0 Å². The molecule has 1 aromatic rings. The zero-order valence-electron chi connectivity index (χ0n) is 16.0. The van der Waals surface area contributed by atoms with E-state index >= 15 is 0 Å². The smallest absolute Gasteiger partial charge is 0.246 e. The highest BCUT2D eigenvalue weighted by atomic mass is 32.2. The Kier molecular flexibility index (Phi) is 6.38. The van der Waals surface area contributed by atoms with Gasteiger partial charge in [-0.15, -0.1) is 0 Å². The Morgan fingerprint density at radius 3 is 2.68 bits per heavy atom. The molecule has 0 spiro atoms. The van der Waals surface area contributed by atoms with Crippen molar-refractivity contribution in [2.45, 2.75) is 50.9 Å². The molecule has 0 bridgehead atoms. The third kappa shape index (κ3) is 4.53. The first kappa shape index (κ1) is 21.2. The Hall–Kier alpha value is -1.55. The summed E-state index contributed by atoms with van der Waals surface area (Å²) in [6.45, 7) is 2.86. The maximum absolute atomic E-state index is 14.9. The third-order valence-electron chi connectivity index (χ3n) is 5.48. The number of halogens is 1. The van der Waals surface area contributed by atoms with Gasteiger partial charge in [0.25, 0.3) is 0 Å². The molecule has 2 N–H and O–H groups in total. The van der Waals surface area contributed by atoms with E-state index in [0.717, 1.165) is 6.42 Å². The summed E-state index contributed by atoms with van der Waals surface area (Å²) >= 11 is 0. The maximum atomic E-state index is 14.9. The molecule has 0 aromatic heterocycles. The van der Waals surface area contributed by atoms with Crippen molar-refractivity contribution < 1.29 is 27.1 Å². The van der Waals surface area contributed by atoms with Crippen LogP contribution in [0.3, 0.4) is 0 Å². The maximum Gasteiger partial charge on any atom is 0.246 e. The summed E-state index contributed by atoms with van der Waals surface area (Å²) in [6, 6.07) is 4.73. The monoisotopic (exact) mass is 414 g/mol. The number of sulfonamides is 1. The number of ether oxygens (including phenoxy) is 2. The average molecular weight is 414 g/mol. The van der Waals surface area contributed by atoms with Crippen LogP contribution < -0.4 is 5.73 Å². The number of hydrogen-bond acceptors (Lipinski definition) is 5. The van der Waals surface area contributed by atoms with Crippen molar-refractivity contribution in [2.75, 3.05) is 25.5 Å². The van der Waals surface area contributed by atoms with E-state index in [0.29, 0.717) is 50.1 Å². The Morgan fingerprint density at radius 1 is 1.36 bits per heavy atom. The Labute approximate surface area is 165 Å². The molecule has 9 heteroatoms. The first-order valence-electron chi connectivity index (χ1n) is 9.55. The van der Waals surface area contributed by atoms with E-state index < -0.39 is 33.5 Å². The zero-order chi connectivity index (χ0) is 20.4. The highest BCUT2D eigenvalue weighted by Gasteiger charge is 2.38. The summed E-state index contributed by atoms with van der Waals surface area (Å²) in [4.78, 5) is 11.5. The number of nitrogens with two attached hydrogens (primary N) is 1. The quantitative estimate of drug-likeness (QED) is 0.763. The molecule has 2 aliphatic rings. The molecule has 0 radical (unpaired) electrons. The summed E-state index contributed by atoms with van der Waals surface area (Å²) in [6.07, 6.45) is 1.55. The van der Waals surface area contributed by atoms with E-state index in [2.05, 4.69) is 0 Å². The SMILES string of the molecule is CC(OC1(c2ccc(CN3CCCCS3(=O)=O)c(F)c2)CCOCC1)C(N)=O. The number of hydrogen-bond donors (Lipinski definition) is 1. The molecule has 7 nitrogen and oxygen atoms in total. The molecule has 1 unspecified atom stereocenters. The number of primary amides is 1. The third-order valence-corrected chi connectivity index (χ3v) is 7.39. The van der Waals surface area contributed by atoms with Gasteiger partial charge >= 0.3 is 0 Å². The molecular weight excluding hydrogens is 387 g/mol. The first-order valence-corrected chi connectivity index (χ1v) is 11.2. The van der Waals surface area contributed by atoms with Gasteiger partial charge in [-0.1, -0.05) is 12.1 Å². The summed E-state index contributed by atoms with van der Waals surface area (Å²) in [5.41, 5.74) is 5.41. The topological polar surface area (TPSA) is 98.9 Å². The normalized spacial score (nSPS) is 23.2. The van der Waals surface area contributed by atoms with Crippen LogP contribution in [0, 0.1) is 5.82 Å². The molecule has 2 heterocycles. The van der Waals surface area contributed by atoms with Crippen molar-refractivity contribution in [1.82, 2.24) is 4.31 Å². The molecule has 2 saturated heterocycles. The van der Waals surface area contributed by atoms with Crippen LogP contribution in [0.5, 0.6) is 0 Å². The van der Waals surface area contributed by atoms with Gasteiger partial charge in [0.1, 0.15) is 11.9 Å². The molecule has 1 amide bonds. The van der Waals surface area contributed by atoms with Gasteiger partial charge in [-0.2, -0.15) is 4.31 Å². The van der Waals surface area contributed by atoms with Gasteiger partial charge in [-0.25, -0.2) is 12.8 Å². The molecule has 1 aromatic carbocycles. The van der Waals surface area contributed by atoms with Crippen LogP contribution in [0.4, 0.5) is 4.39 Å². The van der Waals surface area contributed by atoms with Crippen LogP contribution in [0.15, 0.2) is 18.2 Å². The summed E-state index contributed by atoms with van der Waals surface area (Å²) < 4.78 is 51.9. The van der Waals surface area contributed by atoms with E-state index in [4.69, 9.17) is 15.2 Å². The molecule has 2 aliphatic heterocycles. The van der Waals surface area contributed by atoms with Crippen LogP contribution in [0.2, 0.25) is 0 Å². The fourth-order valence-corrected chi connectivity index (χ4v) is 5.31. The molecule has 0 saturated carbocycles. The standard InChI is InChI=1S/C19H27FN2O5S/c1-14(18(21)23)27-19(6-9-26-10-7-19)16-5-4-15(17(20)12-16)13-22-8-2-3-11-28(22,24)25/h4-5,12,14H,2-3,6-11,13H2,1H3,(H2,21,23). The number of carbonyl (C=O) groups is 1. The van der Waals surface area contributed by atoms with Crippen molar-refractivity contribution in [3.05, 3.63) is 35.1 Å². The lowest BCUT2D eigenvalue weighted by molar-refractivity contribution is -0.161. The Balaban J connectivity index is 1.85. The number of amides is 1. The molecular formula is C19H27FN2O5S. The average Bonchev–Trinajstić information content (AvgIpc) is 2.65. The number of nitrogens with zero attached hydrogens (tertiary/aromatic N) is 1. The predicted octanol–water partition coefficient (Wildman–Crippen LogP) is 1.65. The number of benzene rings is 1. The lowest BCUT2D eigenvalue weighted by Gasteiger charge is -2.39. The van der Waals surface area contributed by atoms with Crippen LogP contribution in [-0.2, 0) is 36.4 Å². The first-order chi connectivity index (χ1) is 13.2. The van der Waals surface area contributed by atoms with Crippen molar-refractivity contribution >= 4 is 15.9 Å². The van der Waals surface area contributed by atoms with Crippen LogP contribution in [0.25, 0.3) is 0 Å². The minimum absolute atomic E-state index is 0.0170. The molecule has 28 heavy (non-hydrogen) atoms. The van der Waals surface area contributed by atoms with Gasteiger partial charge in [0.2, 0.25) is 15.9 Å². The largest absolute Gasteiger partial charge is 0.381 e. The van der Waals surface area contributed by atoms with Crippen LogP contribution >= 0.6 is 0 Å². The fraction of sp³-hybridized carbons (Fsp3) is 0.632. The second-order valence-electron chi connectivity index (χ2n) is 7.43. The van der Waals surface area contributed by atoms with Gasteiger partial charge in [-0.05, 0) is 31.4 Å². The molecule has 156 valence electrons. The second-order valence-corrected chi connectivity index (χ2v) is 9.52. The lowest BCUT2D eigenvalue weighted by atomic mass is 9.85. The second kappa shape index (κ2) is 8.44. The molecule has 0 aliphatic carbocycles. The van der Waals surface area contributed by atoms with Crippen LogP contribution in [0.1, 0.15) is 43.7 Å². The van der Waals surface area contributed by atoms with Gasteiger partial charge in [0.05, 0.1) is 11.4 Å². The van der Waals surface area contributed by atoms with E-state index in [1.807, 2.05) is 0 Å². The number of carbonyl (C=O) groups excluding carboxylic acids is 1.